The Hall–Kier alpha value is -3.92. The number of aromatic nitrogens is 6. The number of benzene rings is 2. The Kier molecular flexibility index (Phi) is 6.51. The van der Waals surface area contributed by atoms with Crippen LogP contribution in [0.5, 0.6) is 0 Å². The second kappa shape index (κ2) is 9.52. The Morgan fingerprint density at radius 1 is 1.12 bits per heavy atom. The normalized spacial score (nSPS) is 14.4. The van der Waals surface area contributed by atoms with Gasteiger partial charge in [0.1, 0.15) is 36.2 Å². The van der Waals surface area contributed by atoms with Crippen molar-refractivity contribution >= 4 is 6.08 Å². The second-order valence-corrected chi connectivity index (χ2v) is 8.18. The van der Waals surface area contributed by atoms with Crippen LogP contribution in [0, 0.1) is 17.6 Å². The number of allylic oxidation sites excluding steroid dienone is 1. The van der Waals surface area contributed by atoms with E-state index in [0.29, 0.717) is 12.1 Å². The zero-order valence-electron chi connectivity index (χ0n) is 18.7. The smallest absolute Gasteiger partial charge is 0.350 e. The van der Waals surface area contributed by atoms with Crippen molar-refractivity contribution < 1.29 is 13.9 Å². The Bertz CT molecular complexity index is 1340. The molecule has 176 valence electrons. The van der Waals surface area contributed by atoms with Gasteiger partial charge >= 0.3 is 5.69 Å². The zero-order chi connectivity index (χ0) is 24.3. The molecule has 2 aromatic heterocycles. The molecule has 4 aromatic rings. The average Bonchev–Trinajstić information content (AvgIpc) is 3.44. The van der Waals surface area contributed by atoms with Crippen molar-refractivity contribution in [3.05, 3.63) is 101 Å². The van der Waals surface area contributed by atoms with Gasteiger partial charge in [0.25, 0.3) is 0 Å². The summed E-state index contributed by atoms with van der Waals surface area (Å²) in [4.78, 5) is 15.9. The molecule has 2 atom stereocenters. The van der Waals surface area contributed by atoms with Gasteiger partial charge in [-0.25, -0.2) is 32.5 Å². The van der Waals surface area contributed by atoms with Gasteiger partial charge in [0.2, 0.25) is 0 Å². The molecule has 2 heterocycles. The van der Waals surface area contributed by atoms with E-state index in [0.717, 1.165) is 17.7 Å². The summed E-state index contributed by atoms with van der Waals surface area (Å²) in [6.45, 7) is 1.75. The van der Waals surface area contributed by atoms with Crippen LogP contribution < -0.4 is 5.69 Å². The molecule has 0 fully saturated rings. The lowest BCUT2D eigenvalue weighted by Gasteiger charge is -2.34. The van der Waals surface area contributed by atoms with Crippen molar-refractivity contribution in [3.8, 4) is 5.69 Å². The van der Waals surface area contributed by atoms with Gasteiger partial charge in [0.05, 0.1) is 12.2 Å². The van der Waals surface area contributed by atoms with E-state index in [1.54, 1.807) is 26.1 Å². The highest BCUT2D eigenvalue weighted by molar-refractivity contribution is 5.51. The van der Waals surface area contributed by atoms with Crippen LogP contribution in [-0.2, 0) is 19.2 Å². The number of hydrogen-bond acceptors (Lipinski definition) is 5. The fourth-order valence-corrected chi connectivity index (χ4v) is 3.82. The summed E-state index contributed by atoms with van der Waals surface area (Å²) in [6.07, 6.45) is 8.39. The molecule has 4 rings (SSSR count). The van der Waals surface area contributed by atoms with Crippen LogP contribution in [0.25, 0.3) is 11.8 Å². The molecule has 8 nitrogen and oxygen atoms in total. The van der Waals surface area contributed by atoms with E-state index < -0.39 is 23.2 Å². The van der Waals surface area contributed by atoms with Crippen LogP contribution in [0.1, 0.15) is 24.5 Å². The van der Waals surface area contributed by atoms with Crippen molar-refractivity contribution in [2.75, 3.05) is 0 Å². The lowest BCUT2D eigenvalue weighted by molar-refractivity contribution is -0.0379. The van der Waals surface area contributed by atoms with Crippen LogP contribution in [0.4, 0.5) is 8.78 Å². The van der Waals surface area contributed by atoms with Crippen LogP contribution in [-0.4, -0.2) is 34.2 Å². The van der Waals surface area contributed by atoms with Crippen LogP contribution in [0.15, 0.2) is 72.3 Å². The molecule has 10 heteroatoms. The topological polar surface area (TPSA) is 90.8 Å². The molecule has 0 radical (unpaired) electrons. The summed E-state index contributed by atoms with van der Waals surface area (Å²) in [5, 5.41) is 19.5. The van der Waals surface area contributed by atoms with Crippen molar-refractivity contribution in [3.63, 3.8) is 0 Å². The fourth-order valence-electron chi connectivity index (χ4n) is 3.82. The summed E-state index contributed by atoms with van der Waals surface area (Å²) in [5.74, 6) is -1.98. The van der Waals surface area contributed by atoms with Gasteiger partial charge in [-0.3, -0.25) is 0 Å². The first-order valence-electron chi connectivity index (χ1n) is 10.7. The molecule has 0 bridgehead atoms. The maximum atomic E-state index is 14.6. The molecule has 34 heavy (non-hydrogen) atoms. The summed E-state index contributed by atoms with van der Waals surface area (Å²) in [7, 11) is 1.58. The first-order chi connectivity index (χ1) is 16.3. The summed E-state index contributed by atoms with van der Waals surface area (Å²) < 4.78 is 32.2. The Balaban J connectivity index is 1.53. The highest BCUT2D eigenvalue weighted by atomic mass is 19.1. The SMILES string of the molecule is C[C@@H](C/C=C/c1ccc(-n2cnn(C)c2=O)cc1)[C@](O)(Cn1cncn1)c1ccc(F)cc1F. The third-order valence-electron chi connectivity index (χ3n) is 5.88. The second-order valence-electron chi connectivity index (χ2n) is 8.18. The third kappa shape index (κ3) is 4.72. The van der Waals surface area contributed by atoms with Gasteiger partial charge in [0, 0.05) is 18.7 Å². The van der Waals surface area contributed by atoms with Crippen molar-refractivity contribution in [1.82, 2.24) is 29.1 Å². The first kappa shape index (κ1) is 23.2. The third-order valence-corrected chi connectivity index (χ3v) is 5.88. The molecule has 0 aliphatic carbocycles. The quantitative estimate of drug-likeness (QED) is 0.431. The van der Waals surface area contributed by atoms with Crippen LogP contribution >= 0.6 is 0 Å². The minimum atomic E-state index is -1.65. The van der Waals surface area contributed by atoms with Gasteiger partial charge in [-0.2, -0.15) is 10.2 Å². The zero-order valence-corrected chi connectivity index (χ0v) is 18.7. The van der Waals surface area contributed by atoms with Crippen molar-refractivity contribution in [1.29, 1.82) is 0 Å². The largest absolute Gasteiger partial charge is 0.383 e. The van der Waals surface area contributed by atoms with Gasteiger partial charge in [-0.15, -0.1) is 0 Å². The highest BCUT2D eigenvalue weighted by Gasteiger charge is 2.38. The number of halogens is 2. The molecular weight excluding hydrogens is 442 g/mol. The van der Waals surface area contributed by atoms with E-state index in [4.69, 9.17) is 0 Å². The molecule has 0 saturated carbocycles. The molecule has 0 spiro atoms. The molecule has 2 aromatic carbocycles. The average molecular weight is 466 g/mol. The van der Waals surface area contributed by atoms with E-state index in [-0.39, 0.29) is 17.8 Å². The number of rotatable bonds is 8. The van der Waals surface area contributed by atoms with Crippen LogP contribution in [0.3, 0.4) is 0 Å². The Morgan fingerprint density at radius 2 is 1.88 bits per heavy atom. The van der Waals surface area contributed by atoms with Crippen molar-refractivity contribution in [2.24, 2.45) is 13.0 Å². The van der Waals surface area contributed by atoms with E-state index in [2.05, 4.69) is 15.2 Å². The molecule has 0 unspecified atom stereocenters. The lowest BCUT2D eigenvalue weighted by atomic mass is 9.80. The molecule has 0 saturated heterocycles. The minimum absolute atomic E-state index is 0.00318. The highest BCUT2D eigenvalue weighted by Crippen LogP contribution is 2.35. The standard InChI is InChI=1S/C24H24F2N6O2/c1-17(4-3-5-18-6-9-20(10-7-18)32-16-29-30(2)23(32)33)24(34,13-31-15-27-14-28-31)21-11-8-19(25)12-22(21)26/h3,5-12,14-17,34H,4,13H2,1-2H3/b5-3+/t17-,24+/m0/s1. The van der Waals surface area contributed by atoms with E-state index in [9.17, 15) is 18.7 Å². The maximum Gasteiger partial charge on any atom is 0.350 e. The number of nitrogens with zero attached hydrogens (tertiary/aromatic N) is 6. The first-order valence-corrected chi connectivity index (χ1v) is 10.7. The minimum Gasteiger partial charge on any atom is -0.383 e. The predicted octanol–water partition coefficient (Wildman–Crippen LogP) is 3.07. The van der Waals surface area contributed by atoms with Gasteiger partial charge in [0.15, 0.2) is 0 Å². The maximum absolute atomic E-state index is 14.6. The predicted molar refractivity (Wildman–Crippen MR) is 122 cm³/mol. The van der Waals surface area contributed by atoms with Gasteiger partial charge in [-0.05, 0) is 36.1 Å². The number of aliphatic hydroxyl groups is 1. The molecule has 0 aliphatic rings. The van der Waals surface area contributed by atoms with Crippen LogP contribution in [0.2, 0.25) is 0 Å². The van der Waals surface area contributed by atoms with E-state index in [1.165, 1.54) is 39.0 Å². The fraction of sp³-hybridized carbons (Fsp3) is 0.250. The molecule has 0 aliphatic heterocycles. The monoisotopic (exact) mass is 466 g/mol. The van der Waals surface area contributed by atoms with Crippen molar-refractivity contribution in [2.45, 2.75) is 25.5 Å². The lowest BCUT2D eigenvalue weighted by Crippen LogP contribution is -2.39. The molecular formula is C24H24F2N6O2. The Morgan fingerprint density at radius 3 is 2.50 bits per heavy atom. The summed E-state index contributed by atoms with van der Waals surface area (Å²) in [5.41, 5.74) is -0.312. The summed E-state index contributed by atoms with van der Waals surface area (Å²) >= 11 is 0. The Labute approximate surface area is 194 Å². The van der Waals surface area contributed by atoms with E-state index >= 15 is 0 Å². The number of aryl methyl sites for hydroxylation is 1. The van der Waals surface area contributed by atoms with E-state index in [1.807, 2.05) is 24.3 Å². The summed E-state index contributed by atoms with van der Waals surface area (Å²) in [6, 6.07) is 10.5. The van der Waals surface area contributed by atoms with Gasteiger partial charge < -0.3 is 5.11 Å². The molecule has 0 amide bonds. The van der Waals surface area contributed by atoms with Gasteiger partial charge in [-0.1, -0.05) is 37.3 Å². The number of hydrogen-bond donors (Lipinski definition) is 1. The molecule has 1 N–H and O–H groups in total.